The largest absolute Gasteiger partial charge is 0.367 e. The number of rotatable bonds is 2. The van der Waals surface area contributed by atoms with Crippen molar-refractivity contribution in [1.82, 2.24) is 28.9 Å². The summed E-state index contributed by atoms with van der Waals surface area (Å²) in [6.45, 7) is 9.01. The van der Waals surface area contributed by atoms with E-state index in [4.69, 9.17) is 4.98 Å². The van der Waals surface area contributed by atoms with E-state index in [9.17, 15) is 4.79 Å². The second-order valence-corrected chi connectivity index (χ2v) is 8.20. The van der Waals surface area contributed by atoms with Crippen LogP contribution in [0.4, 0.5) is 5.69 Å². The highest BCUT2D eigenvalue weighted by Gasteiger charge is 2.21. The van der Waals surface area contributed by atoms with Gasteiger partial charge in [0.15, 0.2) is 0 Å². The predicted octanol–water partition coefficient (Wildman–Crippen LogP) is 2.16. The number of pyridine rings is 1. The molecule has 8 heteroatoms. The molecule has 1 aliphatic heterocycles. The van der Waals surface area contributed by atoms with Gasteiger partial charge in [-0.2, -0.15) is 5.10 Å². The molecule has 0 bridgehead atoms. The van der Waals surface area contributed by atoms with Crippen LogP contribution in [-0.4, -0.2) is 61.6 Å². The third kappa shape index (κ3) is 3.13. The van der Waals surface area contributed by atoms with E-state index in [0.717, 1.165) is 42.2 Å². The van der Waals surface area contributed by atoms with E-state index in [2.05, 4.69) is 33.9 Å². The molecule has 5 heterocycles. The minimum Gasteiger partial charge on any atom is -0.367 e. The van der Waals surface area contributed by atoms with Crippen molar-refractivity contribution in [3.8, 4) is 11.4 Å². The third-order valence-corrected chi connectivity index (χ3v) is 5.99. The first-order chi connectivity index (χ1) is 14.4. The lowest BCUT2D eigenvalue weighted by Crippen LogP contribution is -2.50. The number of fused-ring (bicyclic) bond motifs is 2. The highest BCUT2D eigenvalue weighted by Crippen LogP contribution is 2.22. The minimum atomic E-state index is -0.109. The molecule has 1 saturated heterocycles. The van der Waals surface area contributed by atoms with E-state index in [0.29, 0.717) is 23.1 Å². The zero-order valence-electron chi connectivity index (χ0n) is 17.7. The van der Waals surface area contributed by atoms with Gasteiger partial charge in [0.2, 0.25) is 0 Å². The molecule has 8 nitrogen and oxygen atoms in total. The summed E-state index contributed by atoms with van der Waals surface area (Å²) in [5.41, 5.74) is 5.50. The molecule has 30 heavy (non-hydrogen) atoms. The summed E-state index contributed by atoms with van der Waals surface area (Å²) in [6, 6.07) is 7.92. The fourth-order valence-electron chi connectivity index (χ4n) is 4.11. The molecule has 0 saturated carbocycles. The summed E-state index contributed by atoms with van der Waals surface area (Å²) < 4.78 is 3.42. The van der Waals surface area contributed by atoms with Crippen LogP contribution in [0.25, 0.3) is 22.6 Å². The van der Waals surface area contributed by atoms with Gasteiger partial charge in [0.25, 0.3) is 5.56 Å². The number of hydrogen-bond donors (Lipinski definition) is 0. The molecule has 0 unspecified atom stereocenters. The van der Waals surface area contributed by atoms with Crippen LogP contribution in [0.1, 0.15) is 18.3 Å². The van der Waals surface area contributed by atoms with Crippen LogP contribution in [0.5, 0.6) is 0 Å². The van der Waals surface area contributed by atoms with Gasteiger partial charge in [0.1, 0.15) is 11.3 Å². The molecule has 4 aromatic rings. The van der Waals surface area contributed by atoms with Gasteiger partial charge >= 0.3 is 0 Å². The average molecular weight is 403 g/mol. The standard InChI is InChI=1S/C22H25N7O/c1-14-11-29-20(16(3)23-14)9-19(25-29)18-10-22(30)28-13-17(5-6-21(28)24-18)27-8-7-26(4)15(2)12-27/h5-6,9-11,13,15H,7-8,12H2,1-4H3/t15-/m1/s1. The first-order valence-corrected chi connectivity index (χ1v) is 10.2. The number of likely N-dealkylation sites (N-methyl/N-ethyl adjacent to an activating group) is 1. The topological polar surface area (TPSA) is 71.0 Å². The van der Waals surface area contributed by atoms with Gasteiger partial charge in [-0.3, -0.25) is 14.2 Å². The normalized spacial score (nSPS) is 17.9. The van der Waals surface area contributed by atoms with E-state index >= 15 is 0 Å². The molecular formula is C22H25N7O. The van der Waals surface area contributed by atoms with E-state index < -0.39 is 0 Å². The summed E-state index contributed by atoms with van der Waals surface area (Å²) in [5.74, 6) is 0. The van der Waals surface area contributed by atoms with Crippen molar-refractivity contribution in [2.75, 3.05) is 31.6 Å². The third-order valence-electron chi connectivity index (χ3n) is 5.99. The van der Waals surface area contributed by atoms with Gasteiger partial charge in [0.05, 0.1) is 34.5 Å². The van der Waals surface area contributed by atoms with Gasteiger partial charge in [0, 0.05) is 37.9 Å². The van der Waals surface area contributed by atoms with Gasteiger partial charge in [-0.1, -0.05) is 0 Å². The maximum Gasteiger partial charge on any atom is 0.258 e. The number of nitrogens with zero attached hydrogens (tertiary/aromatic N) is 7. The first kappa shape index (κ1) is 18.7. The zero-order valence-corrected chi connectivity index (χ0v) is 17.7. The summed E-state index contributed by atoms with van der Waals surface area (Å²) in [6.07, 6.45) is 3.77. The highest BCUT2D eigenvalue weighted by atomic mass is 16.1. The average Bonchev–Trinajstić information content (AvgIpc) is 3.14. The van der Waals surface area contributed by atoms with Crippen molar-refractivity contribution in [2.45, 2.75) is 26.8 Å². The van der Waals surface area contributed by atoms with Crippen molar-refractivity contribution in [3.63, 3.8) is 0 Å². The molecule has 0 aromatic carbocycles. The van der Waals surface area contributed by atoms with Crippen LogP contribution < -0.4 is 10.5 Å². The van der Waals surface area contributed by atoms with E-state index in [1.165, 1.54) is 0 Å². The Hall–Kier alpha value is -3.26. The van der Waals surface area contributed by atoms with Crippen LogP contribution in [0, 0.1) is 13.8 Å². The van der Waals surface area contributed by atoms with Crippen molar-refractivity contribution in [3.05, 3.63) is 58.4 Å². The van der Waals surface area contributed by atoms with Gasteiger partial charge < -0.3 is 9.80 Å². The summed E-state index contributed by atoms with van der Waals surface area (Å²) in [7, 11) is 2.15. The van der Waals surface area contributed by atoms with Crippen molar-refractivity contribution >= 4 is 16.9 Å². The summed E-state index contributed by atoms with van der Waals surface area (Å²) in [5, 5.41) is 4.61. The Morgan fingerprint density at radius 1 is 1.03 bits per heavy atom. The molecule has 0 aliphatic carbocycles. The number of aromatic nitrogens is 5. The van der Waals surface area contributed by atoms with Crippen LogP contribution in [0.2, 0.25) is 0 Å². The van der Waals surface area contributed by atoms with Crippen LogP contribution in [0.3, 0.4) is 0 Å². The SMILES string of the molecule is Cc1cn2nc(-c3cc(=O)n4cc(N5CCN(C)[C@H](C)C5)ccc4n3)cc2c(C)n1. The second kappa shape index (κ2) is 6.91. The van der Waals surface area contributed by atoms with Gasteiger partial charge in [-0.15, -0.1) is 0 Å². The second-order valence-electron chi connectivity index (χ2n) is 8.20. The predicted molar refractivity (Wildman–Crippen MR) is 117 cm³/mol. The number of piperazine rings is 1. The van der Waals surface area contributed by atoms with Crippen molar-refractivity contribution < 1.29 is 0 Å². The Morgan fingerprint density at radius 3 is 2.67 bits per heavy atom. The number of aryl methyl sites for hydroxylation is 2. The summed E-state index contributed by atoms with van der Waals surface area (Å²) >= 11 is 0. The highest BCUT2D eigenvalue weighted by molar-refractivity contribution is 5.66. The zero-order chi connectivity index (χ0) is 21.0. The van der Waals surface area contributed by atoms with E-state index in [1.807, 2.05) is 44.4 Å². The lowest BCUT2D eigenvalue weighted by Gasteiger charge is -2.39. The number of anilines is 1. The maximum atomic E-state index is 12.9. The van der Waals surface area contributed by atoms with Gasteiger partial charge in [-0.25, -0.2) is 9.50 Å². The molecule has 0 spiro atoms. The van der Waals surface area contributed by atoms with E-state index in [1.54, 1.807) is 15.0 Å². The Balaban J connectivity index is 1.55. The molecule has 1 fully saturated rings. The molecule has 4 aromatic heterocycles. The lowest BCUT2D eigenvalue weighted by atomic mass is 10.2. The fourth-order valence-corrected chi connectivity index (χ4v) is 4.11. The Bertz CT molecular complexity index is 1320. The van der Waals surface area contributed by atoms with Crippen molar-refractivity contribution in [2.24, 2.45) is 0 Å². The molecule has 0 radical (unpaired) electrons. The van der Waals surface area contributed by atoms with Gasteiger partial charge in [-0.05, 0) is 46.0 Å². The Morgan fingerprint density at radius 2 is 1.87 bits per heavy atom. The molecule has 0 amide bonds. The van der Waals surface area contributed by atoms with Crippen LogP contribution >= 0.6 is 0 Å². The van der Waals surface area contributed by atoms with E-state index in [-0.39, 0.29) is 5.56 Å². The van der Waals surface area contributed by atoms with Crippen molar-refractivity contribution in [1.29, 1.82) is 0 Å². The Kier molecular flexibility index (Phi) is 4.32. The minimum absolute atomic E-state index is 0.109. The molecule has 1 atom stereocenters. The monoisotopic (exact) mass is 403 g/mol. The molecule has 0 N–H and O–H groups in total. The number of hydrogen-bond acceptors (Lipinski definition) is 6. The lowest BCUT2D eigenvalue weighted by molar-refractivity contribution is 0.234. The van der Waals surface area contributed by atoms with Crippen LogP contribution in [0.15, 0.2) is 41.5 Å². The molecular weight excluding hydrogens is 378 g/mol. The fraction of sp³-hybridized carbons (Fsp3) is 0.364. The molecule has 154 valence electrons. The first-order valence-electron chi connectivity index (χ1n) is 10.2. The quantitative estimate of drug-likeness (QED) is 0.511. The Labute approximate surface area is 174 Å². The maximum absolute atomic E-state index is 12.9. The smallest absolute Gasteiger partial charge is 0.258 e. The molecule has 5 rings (SSSR count). The van der Waals surface area contributed by atoms with Crippen LogP contribution in [-0.2, 0) is 0 Å². The summed E-state index contributed by atoms with van der Waals surface area (Å²) in [4.78, 5) is 26.8. The molecule has 1 aliphatic rings.